The first-order chi connectivity index (χ1) is 13.7. The van der Waals surface area contributed by atoms with E-state index in [0.29, 0.717) is 16.8 Å². The average molecular weight is 394 g/mol. The summed E-state index contributed by atoms with van der Waals surface area (Å²) in [5.41, 5.74) is 3.95. The van der Waals surface area contributed by atoms with E-state index >= 15 is 0 Å². The van der Waals surface area contributed by atoms with Crippen molar-refractivity contribution in [1.82, 2.24) is 10.0 Å². The van der Waals surface area contributed by atoms with Gasteiger partial charge in [-0.3, -0.25) is 19.2 Å². The van der Waals surface area contributed by atoms with Crippen molar-refractivity contribution in [2.24, 2.45) is 0 Å². The number of Topliss-reactive ketones (excluding diaryl/α,β-unsaturated/α-hetero) is 1. The van der Waals surface area contributed by atoms with Gasteiger partial charge in [0.2, 0.25) is 0 Å². The van der Waals surface area contributed by atoms with Gasteiger partial charge < -0.3 is 10.2 Å². The van der Waals surface area contributed by atoms with E-state index in [2.05, 4.69) is 5.32 Å². The van der Waals surface area contributed by atoms with E-state index in [0.717, 1.165) is 21.3 Å². The van der Waals surface area contributed by atoms with Crippen LogP contribution in [0.2, 0.25) is 0 Å². The molecule has 2 aromatic carbocycles. The van der Waals surface area contributed by atoms with Crippen LogP contribution in [0.25, 0.3) is 0 Å². The molecule has 8 heteroatoms. The second kappa shape index (κ2) is 7.75. The Bertz CT molecular complexity index is 998. The predicted molar refractivity (Wildman–Crippen MR) is 108 cm³/mol. The summed E-state index contributed by atoms with van der Waals surface area (Å²) in [6.07, 6.45) is 0. The third-order valence-corrected chi connectivity index (χ3v) is 4.78. The summed E-state index contributed by atoms with van der Waals surface area (Å²) < 4.78 is 0. The van der Waals surface area contributed by atoms with Gasteiger partial charge in [-0.05, 0) is 42.3 Å². The fraction of sp³-hybridized carbons (Fsp3) is 0.238. The summed E-state index contributed by atoms with van der Waals surface area (Å²) in [5, 5.41) is 4.95. The van der Waals surface area contributed by atoms with Crippen molar-refractivity contribution >= 4 is 34.9 Å². The number of nitrogens with one attached hydrogen (secondary N) is 1. The Labute approximate surface area is 168 Å². The molecule has 0 aromatic heterocycles. The summed E-state index contributed by atoms with van der Waals surface area (Å²) in [5.74, 6) is -3.00. The molecule has 1 fully saturated rings. The van der Waals surface area contributed by atoms with Crippen molar-refractivity contribution in [3.8, 4) is 0 Å². The van der Waals surface area contributed by atoms with Crippen LogP contribution in [0.1, 0.15) is 21.5 Å². The van der Waals surface area contributed by atoms with E-state index in [1.54, 1.807) is 24.3 Å². The number of aryl methyl sites for hydroxylation is 1. The second-order valence-electron chi connectivity index (χ2n) is 7.07. The van der Waals surface area contributed by atoms with Crippen LogP contribution in [-0.4, -0.2) is 54.7 Å². The minimum absolute atomic E-state index is 0.0683. The van der Waals surface area contributed by atoms with Gasteiger partial charge in [0.05, 0.1) is 6.54 Å². The Morgan fingerprint density at radius 2 is 1.66 bits per heavy atom. The van der Waals surface area contributed by atoms with E-state index in [-0.39, 0.29) is 12.5 Å². The Morgan fingerprint density at radius 1 is 1.00 bits per heavy atom. The van der Waals surface area contributed by atoms with Crippen molar-refractivity contribution in [3.63, 3.8) is 0 Å². The number of hydrazine groups is 1. The highest BCUT2D eigenvalue weighted by Crippen LogP contribution is 2.23. The van der Waals surface area contributed by atoms with Gasteiger partial charge in [-0.1, -0.05) is 18.2 Å². The number of hydrogen-bond acceptors (Lipinski definition) is 5. The lowest BCUT2D eigenvalue weighted by Gasteiger charge is -2.22. The number of likely N-dealkylation sites (N-methyl/N-ethyl adjacent to an activating group) is 1. The maximum absolute atomic E-state index is 12.5. The van der Waals surface area contributed by atoms with Gasteiger partial charge in [0.1, 0.15) is 0 Å². The molecule has 3 amide bonds. The third-order valence-electron chi connectivity index (χ3n) is 4.78. The van der Waals surface area contributed by atoms with Crippen molar-refractivity contribution in [1.29, 1.82) is 0 Å². The normalized spacial score (nSPS) is 13.9. The topological polar surface area (TPSA) is 90.0 Å². The highest BCUT2D eigenvalue weighted by atomic mass is 16.2. The number of ketones is 1. The van der Waals surface area contributed by atoms with E-state index in [4.69, 9.17) is 0 Å². The lowest BCUT2D eigenvalue weighted by atomic mass is 10.1. The average Bonchev–Trinajstić information content (AvgIpc) is 2.87. The summed E-state index contributed by atoms with van der Waals surface area (Å²) in [6.45, 7) is 2.07. The van der Waals surface area contributed by atoms with Gasteiger partial charge in [0.15, 0.2) is 0 Å². The van der Waals surface area contributed by atoms with E-state index in [9.17, 15) is 19.2 Å². The number of rotatable bonds is 5. The first-order valence-corrected chi connectivity index (χ1v) is 9.01. The van der Waals surface area contributed by atoms with Crippen LogP contribution >= 0.6 is 0 Å². The van der Waals surface area contributed by atoms with Crippen LogP contribution in [0, 0.1) is 6.92 Å². The summed E-state index contributed by atoms with van der Waals surface area (Å²) >= 11 is 0. The van der Waals surface area contributed by atoms with Crippen LogP contribution in [0.3, 0.4) is 0 Å². The maximum atomic E-state index is 12.5. The highest BCUT2D eigenvalue weighted by Gasteiger charge is 2.42. The van der Waals surface area contributed by atoms with Crippen molar-refractivity contribution in [2.45, 2.75) is 13.5 Å². The number of carbonyl (C=O) groups is 4. The Hall–Kier alpha value is -3.68. The summed E-state index contributed by atoms with van der Waals surface area (Å²) in [7, 11) is 5.25. The van der Waals surface area contributed by atoms with E-state index < -0.39 is 17.6 Å². The monoisotopic (exact) mass is 394 g/mol. The number of hydrogen-bond donors (Lipinski definition) is 1. The third kappa shape index (κ3) is 3.96. The molecule has 8 nitrogen and oxygen atoms in total. The standard InChI is InChI=1S/C21H22N4O4/c1-13-5-10-16(11-17(13)23(2)3)22-19(27)15-8-6-14(7-9-15)12-25-21(29)18(26)20(28)24(25)4/h5-11H,12H2,1-4H3,(H,22,27). The van der Waals surface area contributed by atoms with Gasteiger partial charge >= 0.3 is 17.6 Å². The molecule has 29 heavy (non-hydrogen) atoms. The van der Waals surface area contributed by atoms with E-state index in [1.807, 2.05) is 44.1 Å². The SMILES string of the molecule is Cc1ccc(NC(=O)c2ccc(CN3C(=O)C(=O)C(=O)N3C)cc2)cc1N(C)C. The van der Waals surface area contributed by atoms with Gasteiger partial charge in [-0.15, -0.1) is 0 Å². The molecule has 0 spiro atoms. The molecule has 0 atom stereocenters. The molecule has 1 N–H and O–H groups in total. The predicted octanol–water partition coefficient (Wildman–Crippen LogP) is 1.60. The first-order valence-electron chi connectivity index (χ1n) is 9.01. The van der Waals surface area contributed by atoms with Crippen LogP contribution in [0.4, 0.5) is 11.4 Å². The maximum Gasteiger partial charge on any atom is 0.319 e. The molecule has 1 heterocycles. The zero-order valence-electron chi connectivity index (χ0n) is 16.7. The minimum Gasteiger partial charge on any atom is -0.377 e. The molecule has 0 radical (unpaired) electrons. The van der Waals surface area contributed by atoms with Gasteiger partial charge in [0, 0.05) is 38.1 Å². The van der Waals surface area contributed by atoms with Gasteiger partial charge in [-0.25, -0.2) is 10.0 Å². The Morgan fingerprint density at radius 3 is 2.21 bits per heavy atom. The highest BCUT2D eigenvalue weighted by molar-refractivity contribution is 6.65. The van der Waals surface area contributed by atoms with Gasteiger partial charge in [0.25, 0.3) is 5.91 Å². The van der Waals surface area contributed by atoms with E-state index in [1.165, 1.54) is 7.05 Å². The number of carbonyl (C=O) groups excluding carboxylic acids is 4. The molecule has 1 saturated heterocycles. The molecule has 0 unspecified atom stereocenters. The molecular formula is C21H22N4O4. The quantitative estimate of drug-likeness (QED) is 0.778. The molecule has 0 bridgehead atoms. The number of amides is 3. The van der Waals surface area contributed by atoms with Gasteiger partial charge in [-0.2, -0.15) is 0 Å². The van der Waals surface area contributed by atoms with Crippen molar-refractivity contribution in [2.75, 3.05) is 31.4 Å². The minimum atomic E-state index is -1.04. The van der Waals surface area contributed by atoms with Crippen LogP contribution in [0.15, 0.2) is 42.5 Å². The van der Waals surface area contributed by atoms with Crippen LogP contribution < -0.4 is 10.2 Å². The molecule has 0 saturated carbocycles. The Balaban J connectivity index is 1.70. The summed E-state index contributed by atoms with van der Waals surface area (Å²) in [4.78, 5) is 49.4. The molecule has 1 aliphatic rings. The number of anilines is 2. The fourth-order valence-electron chi connectivity index (χ4n) is 3.09. The lowest BCUT2D eigenvalue weighted by molar-refractivity contribution is -0.145. The Kier molecular flexibility index (Phi) is 5.36. The van der Waals surface area contributed by atoms with Crippen molar-refractivity contribution in [3.05, 3.63) is 59.2 Å². The molecule has 1 aliphatic heterocycles. The van der Waals surface area contributed by atoms with Crippen LogP contribution in [0.5, 0.6) is 0 Å². The van der Waals surface area contributed by atoms with Crippen molar-refractivity contribution < 1.29 is 19.2 Å². The molecular weight excluding hydrogens is 372 g/mol. The number of benzene rings is 2. The van der Waals surface area contributed by atoms with Crippen LogP contribution in [-0.2, 0) is 20.9 Å². The summed E-state index contributed by atoms with van der Waals surface area (Å²) in [6, 6.07) is 12.3. The number of nitrogens with zero attached hydrogens (tertiary/aromatic N) is 3. The molecule has 2 aromatic rings. The molecule has 0 aliphatic carbocycles. The first kappa shape index (κ1) is 20.1. The largest absolute Gasteiger partial charge is 0.377 e. The second-order valence-corrected chi connectivity index (χ2v) is 7.07. The lowest BCUT2D eigenvalue weighted by Crippen LogP contribution is -2.37. The smallest absolute Gasteiger partial charge is 0.319 e. The zero-order chi connectivity index (χ0) is 21.3. The molecule has 150 valence electrons. The zero-order valence-corrected chi connectivity index (χ0v) is 16.7. The molecule has 3 rings (SSSR count). The fourth-order valence-corrected chi connectivity index (χ4v) is 3.09.